The smallest absolute Gasteiger partial charge is 0.399 e. The van der Waals surface area contributed by atoms with Gasteiger partial charge in [-0.2, -0.15) is 5.10 Å². The molecule has 0 atom stereocenters. The molecule has 2 aromatic heterocycles. The molecule has 0 radical (unpaired) electrons. The molecule has 0 saturated carbocycles. The molecule has 0 saturated heterocycles. The largest absolute Gasteiger partial charge is 0.433 e. The Morgan fingerprint density at radius 1 is 1.63 bits per heavy atom. The van der Waals surface area contributed by atoms with Crippen LogP contribution in [0.25, 0.3) is 11.5 Å². The van der Waals surface area contributed by atoms with Gasteiger partial charge in [-0.05, 0) is 6.07 Å². The maximum atomic E-state index is 10.6. The number of nitrogens with one attached hydrogen (secondary N) is 1. The molecule has 2 heterocycles. The van der Waals surface area contributed by atoms with Crippen LogP contribution in [0, 0.1) is 10.1 Å². The number of hydrogen-bond acceptors (Lipinski definition) is 8. The van der Waals surface area contributed by atoms with Crippen molar-refractivity contribution in [2.75, 3.05) is 5.43 Å². The summed E-state index contributed by atoms with van der Waals surface area (Å²) in [6.45, 7) is 1.38. The molecule has 0 aromatic carbocycles. The number of rotatable bonds is 5. The third-order valence-electron chi connectivity index (χ3n) is 1.93. The van der Waals surface area contributed by atoms with Crippen LogP contribution in [0.4, 0.5) is 11.0 Å². The fourth-order valence-electron chi connectivity index (χ4n) is 1.18. The van der Waals surface area contributed by atoms with Crippen LogP contribution in [0.15, 0.2) is 27.0 Å². The van der Waals surface area contributed by atoms with Crippen LogP contribution in [0.2, 0.25) is 0 Å². The minimum atomic E-state index is -0.619. The first-order valence-electron chi connectivity index (χ1n) is 5.06. The number of anilines is 1. The van der Waals surface area contributed by atoms with Crippen molar-refractivity contribution in [1.82, 2.24) is 4.98 Å². The number of Topliss-reactive ketones (excluding diaryl/α,β-unsaturated/α-hetero) is 1. The van der Waals surface area contributed by atoms with E-state index in [4.69, 9.17) is 4.42 Å². The molecular formula is C10H8N4O4S. The minimum Gasteiger partial charge on any atom is -0.399 e. The number of hydrazone groups is 1. The SMILES string of the molecule is CC(=O)/C=N/Nc1nc(-c2ccc([N+](=O)[O-])o2)cs1. The maximum absolute atomic E-state index is 10.6. The molecular weight excluding hydrogens is 272 g/mol. The summed E-state index contributed by atoms with van der Waals surface area (Å²) in [6.07, 6.45) is 1.12. The molecule has 0 spiro atoms. The number of carbonyl (C=O) groups excluding carboxylic acids is 1. The van der Waals surface area contributed by atoms with Gasteiger partial charge < -0.3 is 4.42 Å². The average molecular weight is 280 g/mol. The van der Waals surface area contributed by atoms with Gasteiger partial charge in [-0.1, -0.05) is 0 Å². The number of nitrogens with zero attached hydrogens (tertiary/aromatic N) is 3. The normalized spacial score (nSPS) is 10.8. The zero-order valence-corrected chi connectivity index (χ0v) is 10.5. The Kier molecular flexibility index (Phi) is 3.66. The van der Waals surface area contributed by atoms with E-state index in [1.54, 1.807) is 5.38 Å². The predicted molar refractivity (Wildman–Crippen MR) is 69.3 cm³/mol. The fraction of sp³-hybridized carbons (Fsp3) is 0.100. The number of furan rings is 1. The number of aromatic nitrogens is 1. The van der Waals surface area contributed by atoms with Crippen LogP contribution in [0.3, 0.4) is 0 Å². The summed E-state index contributed by atoms with van der Waals surface area (Å²) >= 11 is 1.24. The summed E-state index contributed by atoms with van der Waals surface area (Å²) in [4.78, 5) is 24.6. The Labute approximate surface area is 110 Å². The Balaban J connectivity index is 2.11. The van der Waals surface area contributed by atoms with E-state index in [1.165, 1.54) is 30.4 Å². The first kappa shape index (κ1) is 12.9. The summed E-state index contributed by atoms with van der Waals surface area (Å²) in [5.41, 5.74) is 3.03. The second-order valence-electron chi connectivity index (χ2n) is 3.41. The van der Waals surface area contributed by atoms with Gasteiger partial charge in [-0.25, -0.2) is 4.98 Å². The molecule has 0 bridgehead atoms. The van der Waals surface area contributed by atoms with E-state index < -0.39 is 4.92 Å². The van der Waals surface area contributed by atoms with Crippen molar-refractivity contribution in [2.24, 2.45) is 5.10 Å². The number of carbonyl (C=O) groups is 1. The van der Waals surface area contributed by atoms with Gasteiger partial charge in [0.1, 0.15) is 10.6 Å². The van der Waals surface area contributed by atoms with Gasteiger partial charge in [-0.3, -0.25) is 20.3 Å². The highest BCUT2D eigenvalue weighted by molar-refractivity contribution is 7.14. The average Bonchev–Trinajstić information content (AvgIpc) is 2.95. The van der Waals surface area contributed by atoms with Gasteiger partial charge in [0, 0.05) is 12.3 Å². The monoisotopic (exact) mass is 280 g/mol. The van der Waals surface area contributed by atoms with E-state index in [1.807, 2.05) is 0 Å². The Morgan fingerprint density at radius 3 is 3.05 bits per heavy atom. The van der Waals surface area contributed by atoms with Crippen LogP contribution in [0.1, 0.15) is 6.92 Å². The summed E-state index contributed by atoms with van der Waals surface area (Å²) in [5, 5.41) is 16.3. The number of ketones is 1. The lowest BCUT2D eigenvalue weighted by Gasteiger charge is -1.91. The second kappa shape index (κ2) is 5.40. The molecule has 98 valence electrons. The van der Waals surface area contributed by atoms with E-state index in [2.05, 4.69) is 15.5 Å². The van der Waals surface area contributed by atoms with Crippen molar-refractivity contribution >= 4 is 34.4 Å². The summed E-state index contributed by atoms with van der Waals surface area (Å²) in [5.74, 6) is -0.232. The number of hydrogen-bond donors (Lipinski definition) is 1. The Morgan fingerprint density at radius 2 is 2.42 bits per heavy atom. The molecule has 0 amide bonds. The first-order valence-corrected chi connectivity index (χ1v) is 5.94. The summed E-state index contributed by atoms with van der Waals surface area (Å²) < 4.78 is 5.01. The maximum Gasteiger partial charge on any atom is 0.433 e. The van der Waals surface area contributed by atoms with Crippen molar-refractivity contribution in [3.8, 4) is 11.5 Å². The molecule has 19 heavy (non-hydrogen) atoms. The van der Waals surface area contributed by atoms with Crippen LogP contribution in [0.5, 0.6) is 0 Å². The van der Waals surface area contributed by atoms with E-state index in [0.29, 0.717) is 16.6 Å². The summed E-state index contributed by atoms with van der Waals surface area (Å²) in [6, 6.07) is 2.73. The van der Waals surface area contributed by atoms with Crippen LogP contribution in [-0.2, 0) is 4.79 Å². The fourth-order valence-corrected chi connectivity index (χ4v) is 1.83. The highest BCUT2D eigenvalue weighted by Crippen LogP contribution is 2.28. The zero-order valence-electron chi connectivity index (χ0n) is 9.69. The standard InChI is InChI=1S/C10H8N4O4S/c1-6(15)4-11-13-10-12-7(5-19-10)8-2-3-9(18-8)14(16)17/h2-5H,1H3,(H,12,13)/b11-4+. The molecule has 1 N–H and O–H groups in total. The van der Waals surface area contributed by atoms with Crippen molar-refractivity contribution in [3.63, 3.8) is 0 Å². The Hall–Kier alpha value is -2.55. The third kappa shape index (κ3) is 3.22. The van der Waals surface area contributed by atoms with E-state index in [0.717, 1.165) is 6.21 Å². The van der Waals surface area contributed by atoms with Gasteiger partial charge in [0.2, 0.25) is 5.13 Å². The Bertz CT molecular complexity index is 646. The van der Waals surface area contributed by atoms with Crippen molar-refractivity contribution in [1.29, 1.82) is 0 Å². The highest BCUT2D eigenvalue weighted by atomic mass is 32.1. The molecule has 0 aliphatic carbocycles. The van der Waals surface area contributed by atoms with Gasteiger partial charge in [0.15, 0.2) is 11.5 Å². The van der Waals surface area contributed by atoms with Crippen LogP contribution < -0.4 is 5.43 Å². The van der Waals surface area contributed by atoms with Crippen molar-refractivity contribution in [2.45, 2.75) is 6.92 Å². The lowest BCUT2D eigenvalue weighted by Crippen LogP contribution is -1.95. The quantitative estimate of drug-likeness (QED) is 0.511. The van der Waals surface area contributed by atoms with Crippen LogP contribution in [-0.4, -0.2) is 21.9 Å². The van der Waals surface area contributed by atoms with E-state index in [-0.39, 0.29) is 11.7 Å². The molecule has 0 aliphatic heterocycles. The molecule has 2 aromatic rings. The van der Waals surface area contributed by atoms with Crippen LogP contribution >= 0.6 is 11.3 Å². The molecule has 0 aliphatic rings. The molecule has 0 fully saturated rings. The highest BCUT2D eigenvalue weighted by Gasteiger charge is 2.15. The predicted octanol–water partition coefficient (Wildman–Crippen LogP) is 2.30. The minimum absolute atomic E-state index is 0.189. The lowest BCUT2D eigenvalue weighted by atomic mass is 10.4. The topological polar surface area (TPSA) is 111 Å². The lowest BCUT2D eigenvalue weighted by molar-refractivity contribution is -0.401. The van der Waals surface area contributed by atoms with Crippen molar-refractivity contribution < 1.29 is 14.1 Å². The second-order valence-corrected chi connectivity index (χ2v) is 4.27. The van der Waals surface area contributed by atoms with E-state index >= 15 is 0 Å². The zero-order chi connectivity index (χ0) is 13.8. The van der Waals surface area contributed by atoms with E-state index in [9.17, 15) is 14.9 Å². The van der Waals surface area contributed by atoms with Gasteiger partial charge >= 0.3 is 5.88 Å². The molecule has 2 rings (SSSR count). The number of nitro groups is 1. The third-order valence-corrected chi connectivity index (χ3v) is 2.68. The van der Waals surface area contributed by atoms with Gasteiger partial charge in [0.25, 0.3) is 0 Å². The first-order chi connectivity index (χ1) is 9.06. The number of thiazole rings is 1. The van der Waals surface area contributed by atoms with Gasteiger partial charge in [0.05, 0.1) is 12.3 Å². The molecule has 0 unspecified atom stereocenters. The molecule has 9 heteroatoms. The van der Waals surface area contributed by atoms with Gasteiger partial charge in [-0.15, -0.1) is 11.3 Å². The summed E-state index contributed by atoms with van der Waals surface area (Å²) in [7, 11) is 0. The van der Waals surface area contributed by atoms with Crippen molar-refractivity contribution in [3.05, 3.63) is 27.6 Å². The molecule has 8 nitrogen and oxygen atoms in total.